The van der Waals surface area contributed by atoms with Crippen LogP contribution in [0.1, 0.15) is 45.8 Å². The van der Waals surface area contributed by atoms with Crippen molar-refractivity contribution in [1.29, 1.82) is 0 Å². The molecule has 3 heterocycles. The van der Waals surface area contributed by atoms with Crippen LogP contribution in [0.4, 0.5) is 32.0 Å². The predicted molar refractivity (Wildman–Crippen MR) is 109 cm³/mol. The van der Waals surface area contributed by atoms with E-state index in [1.54, 1.807) is 12.1 Å². The average Bonchev–Trinajstić information content (AvgIpc) is 3.53. The molecule has 0 radical (unpaired) electrons. The second kappa shape index (κ2) is 8.64. The molecule has 0 aliphatic rings. The first-order valence-corrected chi connectivity index (χ1v) is 10.0. The number of carbonyl (C=O) groups is 1. The Morgan fingerprint density at radius 2 is 1.80 bits per heavy atom. The summed E-state index contributed by atoms with van der Waals surface area (Å²) < 4.78 is 90.9. The topological polar surface area (TPSA) is 86.1 Å². The highest BCUT2D eigenvalue weighted by Crippen LogP contribution is 2.40. The molecule has 13 heteroatoms. The van der Waals surface area contributed by atoms with Gasteiger partial charge in [-0.05, 0) is 43.7 Å². The summed E-state index contributed by atoms with van der Waals surface area (Å²) in [5.74, 6) is -0.109. The van der Waals surface area contributed by atoms with Gasteiger partial charge < -0.3 is 14.3 Å². The summed E-state index contributed by atoms with van der Waals surface area (Å²) in [4.78, 5) is 12.6. The zero-order valence-corrected chi connectivity index (χ0v) is 18.0. The molecule has 0 aliphatic heterocycles. The van der Waals surface area contributed by atoms with Crippen molar-refractivity contribution in [2.75, 3.05) is 5.32 Å². The van der Waals surface area contributed by atoms with Crippen LogP contribution in [0, 0.1) is 6.92 Å². The molecule has 4 rings (SSSR count). The molecule has 1 atom stereocenters. The van der Waals surface area contributed by atoms with Crippen molar-refractivity contribution in [3.8, 4) is 11.5 Å². The summed E-state index contributed by atoms with van der Waals surface area (Å²) >= 11 is 0. The molecule has 0 bridgehead atoms. The van der Waals surface area contributed by atoms with Crippen molar-refractivity contribution >= 4 is 11.6 Å². The summed E-state index contributed by atoms with van der Waals surface area (Å²) in [6.45, 7) is 2.86. The van der Waals surface area contributed by atoms with Crippen LogP contribution in [0.25, 0.3) is 11.5 Å². The summed E-state index contributed by atoms with van der Waals surface area (Å²) in [5.41, 5.74) is -2.90. The molecule has 1 unspecified atom stereocenters. The summed E-state index contributed by atoms with van der Waals surface area (Å²) in [5, 5.41) is 10.3. The molecule has 0 aliphatic carbocycles. The standard InChI is InChI=1S/C22H16F6N4O3/c1-11-17(29-20(33)16-9-19(35-31-16)18-4-3-7-34-18)10-32(30-11)12(2)14-6-5-13(21(23,24)25)8-15(14)22(26,27)28/h3-10,12H,1-2H3,(H,29,33). The number of hydrogen-bond acceptors (Lipinski definition) is 5. The van der Waals surface area contributed by atoms with Gasteiger partial charge in [-0.25, -0.2) is 0 Å². The van der Waals surface area contributed by atoms with Gasteiger partial charge in [0.1, 0.15) is 0 Å². The van der Waals surface area contributed by atoms with Gasteiger partial charge in [-0.1, -0.05) is 11.2 Å². The lowest BCUT2D eigenvalue weighted by Gasteiger charge is -2.20. The molecule has 0 saturated carbocycles. The first kappa shape index (κ1) is 24.1. The molecule has 35 heavy (non-hydrogen) atoms. The lowest BCUT2D eigenvalue weighted by Crippen LogP contribution is -2.18. The fourth-order valence-corrected chi connectivity index (χ4v) is 3.39. The average molecular weight is 498 g/mol. The van der Waals surface area contributed by atoms with E-state index in [1.165, 1.54) is 32.4 Å². The van der Waals surface area contributed by atoms with Gasteiger partial charge in [0.15, 0.2) is 11.5 Å². The van der Waals surface area contributed by atoms with Gasteiger partial charge in [0.25, 0.3) is 5.91 Å². The number of amides is 1. The van der Waals surface area contributed by atoms with Crippen LogP contribution in [0.5, 0.6) is 0 Å². The van der Waals surface area contributed by atoms with E-state index in [0.717, 1.165) is 10.7 Å². The highest BCUT2D eigenvalue weighted by atomic mass is 19.4. The molecular weight excluding hydrogens is 482 g/mol. The number of anilines is 1. The predicted octanol–water partition coefficient (Wildman–Crippen LogP) is 6.34. The number of nitrogens with zero attached hydrogens (tertiary/aromatic N) is 3. The van der Waals surface area contributed by atoms with Crippen LogP contribution in [0.2, 0.25) is 0 Å². The maximum atomic E-state index is 13.6. The minimum atomic E-state index is -5.03. The van der Waals surface area contributed by atoms with Crippen molar-refractivity contribution in [3.63, 3.8) is 0 Å². The minimum absolute atomic E-state index is 0.0755. The summed E-state index contributed by atoms with van der Waals surface area (Å²) in [6.07, 6.45) is -7.26. The summed E-state index contributed by atoms with van der Waals surface area (Å²) in [6, 6.07) is 4.90. The minimum Gasteiger partial charge on any atom is -0.461 e. The Morgan fingerprint density at radius 3 is 2.43 bits per heavy atom. The van der Waals surface area contributed by atoms with Gasteiger partial charge in [0.2, 0.25) is 5.76 Å². The van der Waals surface area contributed by atoms with Crippen molar-refractivity contribution in [2.45, 2.75) is 32.2 Å². The molecule has 1 amide bonds. The van der Waals surface area contributed by atoms with Crippen molar-refractivity contribution < 1.29 is 40.1 Å². The fraction of sp³-hybridized carbons (Fsp3) is 0.227. The Balaban J connectivity index is 1.59. The lowest BCUT2D eigenvalue weighted by atomic mass is 9.98. The van der Waals surface area contributed by atoms with E-state index in [1.807, 2.05) is 0 Å². The normalized spacial score (nSPS) is 13.1. The smallest absolute Gasteiger partial charge is 0.416 e. The van der Waals surface area contributed by atoms with Crippen LogP contribution < -0.4 is 5.32 Å². The molecule has 0 fully saturated rings. The van der Waals surface area contributed by atoms with Gasteiger partial charge in [0.05, 0.1) is 34.8 Å². The first-order valence-electron chi connectivity index (χ1n) is 10.0. The highest BCUT2D eigenvalue weighted by molar-refractivity contribution is 6.03. The van der Waals surface area contributed by atoms with E-state index in [9.17, 15) is 31.1 Å². The van der Waals surface area contributed by atoms with Crippen LogP contribution in [-0.4, -0.2) is 20.8 Å². The molecule has 1 aromatic carbocycles. The van der Waals surface area contributed by atoms with Gasteiger partial charge in [-0.3, -0.25) is 9.48 Å². The van der Waals surface area contributed by atoms with E-state index in [4.69, 9.17) is 8.94 Å². The third-order valence-electron chi connectivity index (χ3n) is 5.20. The quantitative estimate of drug-likeness (QED) is 0.325. The van der Waals surface area contributed by atoms with Crippen molar-refractivity contribution in [1.82, 2.24) is 14.9 Å². The van der Waals surface area contributed by atoms with E-state index in [0.29, 0.717) is 11.8 Å². The number of carbonyl (C=O) groups excluding carboxylic acids is 1. The van der Waals surface area contributed by atoms with E-state index in [2.05, 4.69) is 15.6 Å². The Morgan fingerprint density at radius 1 is 1.06 bits per heavy atom. The van der Waals surface area contributed by atoms with Gasteiger partial charge in [-0.15, -0.1) is 0 Å². The number of alkyl halides is 6. The second-order valence-electron chi connectivity index (χ2n) is 7.59. The zero-order valence-electron chi connectivity index (χ0n) is 18.0. The van der Waals surface area contributed by atoms with E-state index in [-0.39, 0.29) is 28.9 Å². The van der Waals surface area contributed by atoms with Crippen LogP contribution >= 0.6 is 0 Å². The van der Waals surface area contributed by atoms with Crippen LogP contribution in [0.3, 0.4) is 0 Å². The third-order valence-corrected chi connectivity index (χ3v) is 5.20. The number of aryl methyl sites for hydroxylation is 1. The summed E-state index contributed by atoms with van der Waals surface area (Å²) in [7, 11) is 0. The van der Waals surface area contributed by atoms with Crippen molar-refractivity contribution in [2.24, 2.45) is 0 Å². The second-order valence-corrected chi connectivity index (χ2v) is 7.59. The van der Waals surface area contributed by atoms with Crippen molar-refractivity contribution in [3.05, 3.63) is 76.9 Å². The number of hydrogen-bond donors (Lipinski definition) is 1. The maximum Gasteiger partial charge on any atom is 0.416 e. The Labute approximate surface area is 193 Å². The van der Waals surface area contributed by atoms with Gasteiger partial charge >= 0.3 is 12.4 Å². The molecule has 0 saturated heterocycles. The molecule has 184 valence electrons. The molecule has 3 aromatic heterocycles. The first-order chi connectivity index (χ1) is 16.3. The maximum absolute atomic E-state index is 13.6. The Kier molecular flexibility index (Phi) is 5.95. The lowest BCUT2D eigenvalue weighted by molar-refractivity contribution is -0.143. The zero-order chi connectivity index (χ0) is 25.5. The third kappa shape index (κ3) is 4.93. The number of benzene rings is 1. The number of aromatic nitrogens is 3. The SMILES string of the molecule is Cc1nn(C(C)c2ccc(C(F)(F)F)cc2C(F)(F)F)cc1NC(=O)c1cc(-c2ccco2)on1. The van der Waals surface area contributed by atoms with E-state index >= 15 is 0 Å². The van der Waals surface area contributed by atoms with Crippen LogP contribution in [0.15, 0.2) is 57.8 Å². The Bertz CT molecular complexity index is 1350. The molecule has 1 N–H and O–H groups in total. The Hall–Kier alpha value is -4.03. The number of rotatable bonds is 5. The molecular formula is C22H16F6N4O3. The number of nitrogens with one attached hydrogen (secondary N) is 1. The molecule has 7 nitrogen and oxygen atoms in total. The van der Waals surface area contributed by atoms with E-state index < -0.39 is 41.0 Å². The fourth-order valence-electron chi connectivity index (χ4n) is 3.39. The number of furan rings is 1. The largest absolute Gasteiger partial charge is 0.461 e. The highest BCUT2D eigenvalue weighted by Gasteiger charge is 2.39. The van der Waals surface area contributed by atoms with Gasteiger partial charge in [0, 0.05) is 12.3 Å². The van der Waals surface area contributed by atoms with Gasteiger partial charge in [-0.2, -0.15) is 31.4 Å². The molecule has 0 spiro atoms. The molecule has 4 aromatic rings. The van der Waals surface area contributed by atoms with Crippen LogP contribution in [-0.2, 0) is 12.4 Å². The monoisotopic (exact) mass is 498 g/mol. The number of halogens is 6.